The molecule has 19 heavy (non-hydrogen) atoms. The van der Waals surface area contributed by atoms with Gasteiger partial charge in [-0.15, -0.1) is 0 Å². The number of carbonyl (C=O) groups is 1. The first-order chi connectivity index (χ1) is 9.15. The molecule has 0 aliphatic heterocycles. The van der Waals surface area contributed by atoms with Gasteiger partial charge in [0.15, 0.2) is 5.78 Å². The van der Waals surface area contributed by atoms with Crippen LogP contribution in [0.4, 0.5) is 4.39 Å². The zero-order valence-corrected chi connectivity index (χ0v) is 10.6. The summed E-state index contributed by atoms with van der Waals surface area (Å²) in [6.45, 7) is 1.96. The van der Waals surface area contributed by atoms with Crippen LogP contribution in [-0.4, -0.2) is 5.78 Å². The fourth-order valence-electron chi connectivity index (χ4n) is 2.52. The fraction of sp³-hybridized carbons (Fsp3) is 0.118. The summed E-state index contributed by atoms with van der Waals surface area (Å²) in [7, 11) is 0. The number of rotatable bonds is 1. The van der Waals surface area contributed by atoms with Crippen LogP contribution in [0.15, 0.2) is 48.0 Å². The minimum atomic E-state index is -0.265. The zero-order valence-electron chi connectivity index (χ0n) is 10.6. The monoisotopic (exact) mass is 252 g/mol. The van der Waals surface area contributed by atoms with Crippen LogP contribution in [-0.2, 0) is 6.42 Å². The van der Waals surface area contributed by atoms with E-state index in [1.165, 1.54) is 12.1 Å². The largest absolute Gasteiger partial charge is 0.289 e. The van der Waals surface area contributed by atoms with Crippen LogP contribution in [0.3, 0.4) is 0 Å². The Labute approximate surface area is 111 Å². The Kier molecular flexibility index (Phi) is 2.79. The summed E-state index contributed by atoms with van der Waals surface area (Å²) in [5.74, 6) is -0.170. The summed E-state index contributed by atoms with van der Waals surface area (Å²) in [4.78, 5) is 12.3. The number of carbonyl (C=O) groups excluding carboxylic acids is 1. The Balaban J connectivity index is 2.00. The predicted octanol–water partition coefficient (Wildman–Crippen LogP) is 3.96. The Morgan fingerprint density at radius 1 is 1.11 bits per heavy atom. The lowest BCUT2D eigenvalue weighted by Gasteiger charge is -1.99. The van der Waals surface area contributed by atoms with Crippen LogP contribution in [0.1, 0.15) is 27.0 Å². The van der Waals surface area contributed by atoms with Crippen molar-refractivity contribution in [3.8, 4) is 0 Å². The van der Waals surface area contributed by atoms with E-state index in [0.717, 1.165) is 27.8 Å². The highest BCUT2D eigenvalue weighted by Gasteiger charge is 2.25. The molecule has 2 aromatic rings. The molecule has 94 valence electrons. The van der Waals surface area contributed by atoms with Crippen molar-refractivity contribution in [3.63, 3.8) is 0 Å². The number of benzene rings is 2. The summed E-state index contributed by atoms with van der Waals surface area (Å²) in [6.07, 6.45) is 2.51. The molecule has 0 spiro atoms. The molecule has 0 atom stereocenters. The number of ketones is 1. The van der Waals surface area contributed by atoms with Crippen LogP contribution in [0.2, 0.25) is 0 Å². The maximum absolute atomic E-state index is 12.9. The van der Waals surface area contributed by atoms with Gasteiger partial charge in [0, 0.05) is 17.6 Å². The average Bonchev–Trinajstić information content (AvgIpc) is 2.71. The van der Waals surface area contributed by atoms with Crippen molar-refractivity contribution in [1.29, 1.82) is 0 Å². The number of allylic oxidation sites excluding steroid dienone is 1. The van der Waals surface area contributed by atoms with Crippen LogP contribution < -0.4 is 0 Å². The van der Waals surface area contributed by atoms with Crippen LogP contribution >= 0.6 is 0 Å². The van der Waals surface area contributed by atoms with E-state index >= 15 is 0 Å². The fourth-order valence-corrected chi connectivity index (χ4v) is 2.52. The average molecular weight is 252 g/mol. The number of Topliss-reactive ketones (excluding diaryl/α,β-unsaturated/α-hetero) is 1. The highest BCUT2D eigenvalue weighted by Crippen LogP contribution is 2.29. The minimum Gasteiger partial charge on any atom is -0.289 e. The topological polar surface area (TPSA) is 17.1 Å². The molecule has 1 nitrogen and oxygen atoms in total. The molecule has 0 saturated carbocycles. The molecule has 0 unspecified atom stereocenters. The van der Waals surface area contributed by atoms with Crippen molar-refractivity contribution < 1.29 is 9.18 Å². The van der Waals surface area contributed by atoms with Gasteiger partial charge in [-0.05, 0) is 41.8 Å². The third-order valence-corrected chi connectivity index (χ3v) is 3.47. The van der Waals surface area contributed by atoms with Gasteiger partial charge in [0.25, 0.3) is 0 Å². The molecule has 1 aliphatic rings. The minimum absolute atomic E-state index is 0.0948. The summed E-state index contributed by atoms with van der Waals surface area (Å²) in [6, 6.07) is 12.1. The predicted molar refractivity (Wildman–Crippen MR) is 73.6 cm³/mol. The third-order valence-electron chi connectivity index (χ3n) is 3.47. The number of hydrogen-bond donors (Lipinski definition) is 0. The third kappa shape index (κ3) is 2.10. The summed E-state index contributed by atoms with van der Waals surface area (Å²) < 4.78 is 12.9. The maximum Gasteiger partial charge on any atom is 0.189 e. The molecule has 2 aromatic carbocycles. The van der Waals surface area contributed by atoms with E-state index < -0.39 is 0 Å². The summed E-state index contributed by atoms with van der Waals surface area (Å²) >= 11 is 0. The Morgan fingerprint density at radius 2 is 1.84 bits per heavy atom. The van der Waals surface area contributed by atoms with Gasteiger partial charge in [0.2, 0.25) is 0 Å². The van der Waals surface area contributed by atoms with Crippen LogP contribution in [0.25, 0.3) is 6.08 Å². The van der Waals surface area contributed by atoms with Crippen molar-refractivity contribution in [2.45, 2.75) is 13.3 Å². The van der Waals surface area contributed by atoms with Crippen LogP contribution in [0.5, 0.6) is 0 Å². The molecule has 0 aromatic heterocycles. The highest BCUT2D eigenvalue weighted by atomic mass is 19.1. The Hall–Kier alpha value is -2.22. The van der Waals surface area contributed by atoms with Crippen molar-refractivity contribution >= 4 is 11.9 Å². The van der Waals surface area contributed by atoms with Gasteiger partial charge in [-0.3, -0.25) is 4.79 Å². The van der Waals surface area contributed by atoms with Gasteiger partial charge >= 0.3 is 0 Å². The molecule has 0 saturated heterocycles. The van der Waals surface area contributed by atoms with Gasteiger partial charge in [0.05, 0.1) is 0 Å². The van der Waals surface area contributed by atoms with Crippen molar-refractivity contribution in [2.75, 3.05) is 0 Å². The Morgan fingerprint density at radius 3 is 2.53 bits per heavy atom. The molecule has 2 heteroatoms. The van der Waals surface area contributed by atoms with Crippen LogP contribution in [0, 0.1) is 12.7 Å². The van der Waals surface area contributed by atoms with E-state index in [1.807, 2.05) is 31.2 Å². The molecule has 0 bridgehead atoms. The normalized spacial score (nSPS) is 15.9. The lowest BCUT2D eigenvalue weighted by Crippen LogP contribution is -1.97. The molecule has 0 heterocycles. The molecular weight excluding hydrogens is 239 g/mol. The molecule has 3 rings (SSSR count). The SMILES string of the molecule is Cc1cccc2c1C(=O)C(=Cc1ccc(F)cc1)C2. The van der Waals surface area contributed by atoms with Crippen molar-refractivity contribution in [1.82, 2.24) is 0 Å². The smallest absolute Gasteiger partial charge is 0.189 e. The zero-order chi connectivity index (χ0) is 13.4. The highest BCUT2D eigenvalue weighted by molar-refractivity contribution is 6.16. The lowest BCUT2D eigenvalue weighted by atomic mass is 10.0. The van der Waals surface area contributed by atoms with Crippen molar-refractivity contribution in [3.05, 3.63) is 76.1 Å². The van der Waals surface area contributed by atoms with Gasteiger partial charge in [-0.1, -0.05) is 30.3 Å². The van der Waals surface area contributed by atoms with E-state index in [2.05, 4.69) is 0 Å². The van der Waals surface area contributed by atoms with E-state index in [1.54, 1.807) is 12.1 Å². The number of hydrogen-bond acceptors (Lipinski definition) is 1. The first-order valence-corrected chi connectivity index (χ1v) is 6.24. The maximum atomic E-state index is 12.9. The van der Waals surface area contributed by atoms with E-state index in [4.69, 9.17) is 0 Å². The van der Waals surface area contributed by atoms with Gasteiger partial charge in [-0.25, -0.2) is 4.39 Å². The molecular formula is C17H13FO. The van der Waals surface area contributed by atoms with E-state index in [0.29, 0.717) is 6.42 Å². The standard InChI is InChI=1S/C17H13FO/c1-11-3-2-4-13-10-14(17(19)16(11)13)9-12-5-7-15(18)8-6-12/h2-9H,10H2,1H3. The Bertz CT molecular complexity index is 681. The quantitative estimate of drug-likeness (QED) is 0.702. The second-order valence-electron chi connectivity index (χ2n) is 4.84. The van der Waals surface area contributed by atoms with Crippen molar-refractivity contribution in [2.24, 2.45) is 0 Å². The first kappa shape index (κ1) is 11.8. The number of aryl methyl sites for hydroxylation is 1. The molecule has 0 radical (unpaired) electrons. The second-order valence-corrected chi connectivity index (χ2v) is 4.84. The molecule has 1 aliphatic carbocycles. The van der Waals surface area contributed by atoms with E-state index in [9.17, 15) is 9.18 Å². The number of halogens is 1. The molecule has 0 N–H and O–H groups in total. The lowest BCUT2D eigenvalue weighted by molar-refractivity contribution is 0.104. The molecule has 0 amide bonds. The summed E-state index contributed by atoms with van der Waals surface area (Å²) in [5, 5.41) is 0. The second kappa shape index (κ2) is 4.47. The van der Waals surface area contributed by atoms with Gasteiger partial charge in [0.1, 0.15) is 5.82 Å². The van der Waals surface area contributed by atoms with Gasteiger partial charge < -0.3 is 0 Å². The summed E-state index contributed by atoms with van der Waals surface area (Å²) in [5.41, 5.74) is 4.56. The van der Waals surface area contributed by atoms with E-state index in [-0.39, 0.29) is 11.6 Å². The number of fused-ring (bicyclic) bond motifs is 1. The van der Waals surface area contributed by atoms with Gasteiger partial charge in [-0.2, -0.15) is 0 Å². The first-order valence-electron chi connectivity index (χ1n) is 6.24. The molecule has 0 fully saturated rings.